The molecule has 1 atom stereocenters. The number of hydrogen-bond donors (Lipinski definition) is 0. The minimum atomic E-state index is -4.39. The van der Waals surface area contributed by atoms with Crippen molar-refractivity contribution < 1.29 is 27.5 Å². The third kappa shape index (κ3) is 4.20. The van der Waals surface area contributed by atoms with Gasteiger partial charge in [0.2, 0.25) is 0 Å². The van der Waals surface area contributed by atoms with Crippen LogP contribution >= 0.6 is 0 Å². The molecule has 0 N–H and O–H groups in total. The van der Waals surface area contributed by atoms with Crippen molar-refractivity contribution in [2.75, 3.05) is 13.1 Å². The van der Waals surface area contributed by atoms with Crippen LogP contribution in [0.15, 0.2) is 24.3 Å². The van der Waals surface area contributed by atoms with E-state index in [1.54, 1.807) is 5.06 Å². The molecule has 1 heterocycles. The summed E-state index contributed by atoms with van der Waals surface area (Å²) in [6.07, 6.45) is -0.216. The number of nitrogens with zero attached hydrogens (tertiary/aromatic N) is 1. The SMILES string of the molecule is O=C(ON1CC[C@@H](Oc2cccc(C(F)(F)F)c2)C1)C1CCCC1. The Kier molecular flexibility index (Phi) is 4.99. The first kappa shape index (κ1) is 17.1. The maximum Gasteiger partial charge on any atom is 0.416 e. The van der Waals surface area contributed by atoms with E-state index < -0.39 is 11.7 Å². The Bertz CT molecular complexity index is 585. The Hall–Kier alpha value is -1.76. The molecule has 1 aromatic rings. The van der Waals surface area contributed by atoms with Crippen LogP contribution in [0.1, 0.15) is 37.7 Å². The molecule has 132 valence electrons. The summed E-state index contributed by atoms with van der Waals surface area (Å²) in [5.41, 5.74) is -0.734. The first-order chi connectivity index (χ1) is 11.4. The fourth-order valence-corrected chi connectivity index (χ4v) is 3.18. The molecule has 1 saturated carbocycles. The standard InChI is InChI=1S/C17H20F3NO3/c18-17(19,20)13-6-3-7-14(10-13)23-15-8-9-21(11-15)24-16(22)12-4-1-2-5-12/h3,6-7,10,12,15H,1-2,4-5,8-9,11H2/t15-/m1/s1. The maximum absolute atomic E-state index is 12.7. The summed E-state index contributed by atoms with van der Waals surface area (Å²) in [5, 5.41) is 1.55. The van der Waals surface area contributed by atoms with Crippen molar-refractivity contribution in [3.8, 4) is 5.75 Å². The molecule has 2 aliphatic rings. The van der Waals surface area contributed by atoms with Crippen molar-refractivity contribution in [3.63, 3.8) is 0 Å². The Labute approximate surface area is 138 Å². The van der Waals surface area contributed by atoms with Crippen LogP contribution in [0.25, 0.3) is 0 Å². The topological polar surface area (TPSA) is 38.8 Å². The van der Waals surface area contributed by atoms with E-state index in [0.29, 0.717) is 19.5 Å². The molecule has 1 aliphatic carbocycles. The summed E-state index contributed by atoms with van der Waals surface area (Å²) in [4.78, 5) is 17.4. The molecule has 3 rings (SSSR count). The molecule has 0 bridgehead atoms. The molecular formula is C17H20F3NO3. The van der Waals surface area contributed by atoms with Crippen LogP contribution in [-0.2, 0) is 15.8 Å². The van der Waals surface area contributed by atoms with Crippen molar-refractivity contribution in [3.05, 3.63) is 29.8 Å². The molecule has 0 amide bonds. The number of benzene rings is 1. The number of hydrogen-bond acceptors (Lipinski definition) is 4. The molecular weight excluding hydrogens is 323 g/mol. The second kappa shape index (κ2) is 7.01. The van der Waals surface area contributed by atoms with E-state index in [-0.39, 0.29) is 23.7 Å². The van der Waals surface area contributed by atoms with Crippen molar-refractivity contribution in [2.24, 2.45) is 5.92 Å². The van der Waals surface area contributed by atoms with Crippen LogP contribution in [0.5, 0.6) is 5.75 Å². The minimum Gasteiger partial charge on any atom is -0.489 e. The Balaban J connectivity index is 1.52. The van der Waals surface area contributed by atoms with Gasteiger partial charge in [0, 0.05) is 13.0 Å². The first-order valence-electron chi connectivity index (χ1n) is 8.22. The minimum absolute atomic E-state index is 0.0200. The monoisotopic (exact) mass is 343 g/mol. The molecule has 1 aromatic carbocycles. The van der Waals surface area contributed by atoms with Gasteiger partial charge in [-0.3, -0.25) is 4.79 Å². The summed E-state index contributed by atoms with van der Waals surface area (Å²) < 4.78 is 43.8. The number of rotatable bonds is 4. The highest BCUT2D eigenvalue weighted by atomic mass is 19.4. The van der Waals surface area contributed by atoms with E-state index in [2.05, 4.69) is 0 Å². The number of carbonyl (C=O) groups is 1. The van der Waals surface area contributed by atoms with Gasteiger partial charge < -0.3 is 9.57 Å². The van der Waals surface area contributed by atoms with Crippen molar-refractivity contribution in [2.45, 2.75) is 44.4 Å². The van der Waals surface area contributed by atoms with Crippen LogP contribution in [-0.4, -0.2) is 30.2 Å². The van der Waals surface area contributed by atoms with E-state index in [1.165, 1.54) is 12.1 Å². The van der Waals surface area contributed by atoms with Gasteiger partial charge >= 0.3 is 12.1 Å². The second-order valence-corrected chi connectivity index (χ2v) is 6.33. The molecule has 0 aromatic heterocycles. The fourth-order valence-electron chi connectivity index (χ4n) is 3.18. The van der Waals surface area contributed by atoms with E-state index in [4.69, 9.17) is 9.57 Å². The summed E-state index contributed by atoms with van der Waals surface area (Å²) in [5.74, 6) is -0.0422. The maximum atomic E-state index is 12.7. The van der Waals surface area contributed by atoms with Gasteiger partial charge in [0.05, 0.1) is 18.0 Å². The van der Waals surface area contributed by atoms with Crippen molar-refractivity contribution in [1.82, 2.24) is 5.06 Å². The molecule has 0 spiro atoms. The highest BCUT2D eigenvalue weighted by Crippen LogP contribution is 2.32. The molecule has 0 radical (unpaired) electrons. The third-order valence-electron chi connectivity index (χ3n) is 4.48. The van der Waals surface area contributed by atoms with Gasteiger partial charge in [0.25, 0.3) is 0 Å². The lowest BCUT2D eigenvalue weighted by Gasteiger charge is -2.18. The lowest BCUT2D eigenvalue weighted by atomic mass is 10.1. The molecule has 2 fully saturated rings. The highest BCUT2D eigenvalue weighted by molar-refractivity contribution is 5.72. The molecule has 0 unspecified atom stereocenters. The van der Waals surface area contributed by atoms with E-state index in [1.807, 2.05) is 0 Å². The predicted molar refractivity (Wildman–Crippen MR) is 80.1 cm³/mol. The summed E-state index contributed by atoms with van der Waals surface area (Å²) in [7, 11) is 0. The molecule has 24 heavy (non-hydrogen) atoms. The lowest BCUT2D eigenvalue weighted by molar-refractivity contribution is -0.191. The zero-order valence-electron chi connectivity index (χ0n) is 13.2. The Morgan fingerprint density at radius 2 is 1.92 bits per heavy atom. The average Bonchev–Trinajstić information content (AvgIpc) is 3.18. The van der Waals surface area contributed by atoms with Crippen LogP contribution in [0, 0.1) is 5.92 Å². The number of alkyl halides is 3. The van der Waals surface area contributed by atoms with Gasteiger partial charge in [0.1, 0.15) is 11.9 Å². The van der Waals surface area contributed by atoms with E-state index >= 15 is 0 Å². The summed E-state index contributed by atoms with van der Waals surface area (Å²) in [6, 6.07) is 4.83. The van der Waals surface area contributed by atoms with Crippen LogP contribution in [0.4, 0.5) is 13.2 Å². The van der Waals surface area contributed by atoms with Crippen LogP contribution < -0.4 is 4.74 Å². The van der Waals surface area contributed by atoms with Gasteiger partial charge in [-0.1, -0.05) is 18.9 Å². The highest BCUT2D eigenvalue weighted by Gasteiger charge is 2.33. The quantitative estimate of drug-likeness (QED) is 0.833. The zero-order chi connectivity index (χ0) is 17.2. The van der Waals surface area contributed by atoms with E-state index in [9.17, 15) is 18.0 Å². The molecule has 7 heteroatoms. The largest absolute Gasteiger partial charge is 0.489 e. The summed E-state index contributed by atoms with van der Waals surface area (Å²) in [6.45, 7) is 0.900. The van der Waals surface area contributed by atoms with Crippen LogP contribution in [0.2, 0.25) is 0 Å². The van der Waals surface area contributed by atoms with Crippen molar-refractivity contribution in [1.29, 1.82) is 0 Å². The fraction of sp³-hybridized carbons (Fsp3) is 0.588. The van der Waals surface area contributed by atoms with Gasteiger partial charge in [-0.2, -0.15) is 13.2 Å². The normalized spacial score (nSPS) is 22.7. The zero-order valence-corrected chi connectivity index (χ0v) is 13.2. The van der Waals surface area contributed by atoms with Crippen molar-refractivity contribution >= 4 is 5.97 Å². The molecule has 4 nitrogen and oxygen atoms in total. The Morgan fingerprint density at radius 3 is 2.62 bits per heavy atom. The number of ether oxygens (including phenoxy) is 1. The summed E-state index contributed by atoms with van der Waals surface area (Å²) >= 11 is 0. The van der Waals surface area contributed by atoms with Gasteiger partial charge in [-0.05, 0) is 31.0 Å². The number of carbonyl (C=O) groups excluding carboxylic acids is 1. The van der Waals surface area contributed by atoms with Gasteiger partial charge in [0.15, 0.2) is 0 Å². The second-order valence-electron chi connectivity index (χ2n) is 6.33. The third-order valence-corrected chi connectivity index (χ3v) is 4.48. The number of halogens is 3. The number of hydroxylamine groups is 2. The molecule has 1 aliphatic heterocycles. The van der Waals surface area contributed by atoms with Crippen LogP contribution in [0.3, 0.4) is 0 Å². The first-order valence-corrected chi connectivity index (χ1v) is 8.22. The smallest absolute Gasteiger partial charge is 0.416 e. The lowest BCUT2D eigenvalue weighted by Crippen LogP contribution is -2.30. The van der Waals surface area contributed by atoms with E-state index in [0.717, 1.165) is 37.8 Å². The predicted octanol–water partition coefficient (Wildman–Crippen LogP) is 3.81. The molecule has 1 saturated heterocycles. The average molecular weight is 343 g/mol. The van der Waals surface area contributed by atoms with Gasteiger partial charge in [-0.25, -0.2) is 0 Å². The Morgan fingerprint density at radius 1 is 1.17 bits per heavy atom. The van der Waals surface area contributed by atoms with Gasteiger partial charge in [-0.15, -0.1) is 5.06 Å².